The number of amides is 1. The SMILES string of the molecule is N#CSc1ccc(NNC=O)cc1. The van der Waals surface area contributed by atoms with Gasteiger partial charge in [0.25, 0.3) is 0 Å². The second-order valence-electron chi connectivity index (χ2n) is 2.10. The molecule has 5 heteroatoms. The number of hydrogen-bond acceptors (Lipinski definition) is 4. The van der Waals surface area contributed by atoms with Gasteiger partial charge >= 0.3 is 0 Å². The van der Waals surface area contributed by atoms with E-state index in [1.54, 1.807) is 24.3 Å². The molecule has 1 aromatic rings. The van der Waals surface area contributed by atoms with Crippen molar-refractivity contribution in [2.45, 2.75) is 4.90 Å². The monoisotopic (exact) mass is 193 g/mol. The Morgan fingerprint density at radius 2 is 2.08 bits per heavy atom. The summed E-state index contributed by atoms with van der Waals surface area (Å²) in [5, 5.41) is 10.3. The molecule has 1 aromatic carbocycles. The quantitative estimate of drug-likeness (QED) is 0.328. The van der Waals surface area contributed by atoms with Crippen LogP contribution < -0.4 is 10.9 Å². The van der Waals surface area contributed by atoms with Crippen molar-refractivity contribution in [1.29, 1.82) is 5.26 Å². The number of rotatable bonds is 4. The summed E-state index contributed by atoms with van der Waals surface area (Å²) in [6.07, 6.45) is 0.554. The zero-order valence-corrected chi connectivity index (χ0v) is 7.47. The van der Waals surface area contributed by atoms with Gasteiger partial charge in [0.05, 0.1) is 5.69 Å². The van der Waals surface area contributed by atoms with Crippen molar-refractivity contribution >= 4 is 23.9 Å². The van der Waals surface area contributed by atoms with E-state index < -0.39 is 0 Å². The van der Waals surface area contributed by atoms with Crippen molar-refractivity contribution in [3.05, 3.63) is 24.3 Å². The highest BCUT2D eigenvalue weighted by molar-refractivity contribution is 8.03. The molecule has 0 spiro atoms. The number of carbonyl (C=O) groups is 1. The van der Waals surface area contributed by atoms with Gasteiger partial charge in [0.1, 0.15) is 5.40 Å². The van der Waals surface area contributed by atoms with Crippen LogP contribution in [0, 0.1) is 10.7 Å². The number of nitriles is 1. The highest BCUT2D eigenvalue weighted by Gasteiger charge is 1.92. The Balaban J connectivity index is 2.59. The molecule has 0 radical (unpaired) electrons. The Hall–Kier alpha value is -1.67. The molecular formula is C8H7N3OS. The molecule has 13 heavy (non-hydrogen) atoms. The van der Waals surface area contributed by atoms with Gasteiger partial charge in [0, 0.05) is 4.90 Å². The van der Waals surface area contributed by atoms with Gasteiger partial charge < -0.3 is 0 Å². The van der Waals surface area contributed by atoms with Gasteiger partial charge in [-0.3, -0.25) is 15.6 Å². The molecular weight excluding hydrogens is 186 g/mol. The fourth-order valence-electron chi connectivity index (χ4n) is 0.772. The molecule has 0 bridgehead atoms. The van der Waals surface area contributed by atoms with Crippen LogP contribution >= 0.6 is 11.8 Å². The summed E-state index contributed by atoms with van der Waals surface area (Å²) in [5.41, 5.74) is 5.74. The molecule has 0 aliphatic carbocycles. The van der Waals surface area contributed by atoms with Crippen molar-refractivity contribution in [3.8, 4) is 5.40 Å². The maximum Gasteiger partial charge on any atom is 0.225 e. The zero-order chi connectivity index (χ0) is 9.52. The van der Waals surface area contributed by atoms with Gasteiger partial charge in [-0.15, -0.1) is 0 Å². The van der Waals surface area contributed by atoms with E-state index in [1.165, 1.54) is 0 Å². The molecule has 0 saturated heterocycles. The molecule has 0 atom stereocenters. The molecule has 0 fully saturated rings. The number of nitrogens with zero attached hydrogens (tertiary/aromatic N) is 1. The molecule has 0 unspecified atom stereocenters. The van der Waals surface area contributed by atoms with Crippen molar-refractivity contribution in [2.24, 2.45) is 0 Å². The number of anilines is 1. The summed E-state index contributed by atoms with van der Waals surface area (Å²) in [7, 11) is 0. The first kappa shape index (κ1) is 9.42. The topological polar surface area (TPSA) is 64.9 Å². The van der Waals surface area contributed by atoms with Crippen LogP contribution in [-0.4, -0.2) is 6.41 Å². The normalized spacial score (nSPS) is 8.54. The fourth-order valence-corrected chi connectivity index (χ4v) is 1.15. The molecule has 0 aliphatic heterocycles. The third kappa shape index (κ3) is 3.05. The van der Waals surface area contributed by atoms with Crippen LogP contribution in [0.2, 0.25) is 0 Å². The van der Waals surface area contributed by atoms with E-state index >= 15 is 0 Å². The molecule has 0 heterocycles. The number of benzene rings is 1. The number of hydrogen-bond donors (Lipinski definition) is 2. The van der Waals surface area contributed by atoms with Crippen molar-refractivity contribution in [1.82, 2.24) is 5.43 Å². The predicted octanol–water partition coefficient (Wildman–Crippen LogP) is 1.33. The Kier molecular flexibility index (Phi) is 3.67. The fraction of sp³-hybridized carbons (Fsp3) is 0. The predicted molar refractivity (Wildman–Crippen MR) is 50.7 cm³/mol. The number of thioether (sulfide) groups is 1. The summed E-state index contributed by atoms with van der Waals surface area (Å²) >= 11 is 1.10. The van der Waals surface area contributed by atoms with E-state index in [-0.39, 0.29) is 0 Å². The Morgan fingerprint density at radius 1 is 1.38 bits per heavy atom. The summed E-state index contributed by atoms with van der Waals surface area (Å²) in [4.78, 5) is 10.8. The lowest BCUT2D eigenvalue weighted by Crippen LogP contribution is -2.18. The molecule has 4 nitrogen and oxygen atoms in total. The summed E-state index contributed by atoms with van der Waals surface area (Å²) in [6.45, 7) is 0. The molecule has 1 rings (SSSR count). The molecule has 1 amide bonds. The molecule has 2 N–H and O–H groups in total. The van der Waals surface area contributed by atoms with Crippen LogP contribution in [-0.2, 0) is 4.79 Å². The molecule has 66 valence electrons. The third-order valence-corrected chi connectivity index (χ3v) is 1.89. The molecule has 0 aliphatic rings. The van der Waals surface area contributed by atoms with Crippen LogP contribution in [0.5, 0.6) is 0 Å². The Bertz CT molecular complexity index is 317. The van der Waals surface area contributed by atoms with Gasteiger partial charge in [-0.05, 0) is 36.0 Å². The van der Waals surface area contributed by atoms with E-state index in [4.69, 9.17) is 5.26 Å². The van der Waals surface area contributed by atoms with Crippen molar-refractivity contribution in [2.75, 3.05) is 5.43 Å². The number of carbonyl (C=O) groups excluding carboxylic acids is 1. The van der Waals surface area contributed by atoms with Gasteiger partial charge in [0.15, 0.2) is 0 Å². The van der Waals surface area contributed by atoms with Crippen LogP contribution in [0.3, 0.4) is 0 Å². The van der Waals surface area contributed by atoms with E-state index in [9.17, 15) is 4.79 Å². The highest BCUT2D eigenvalue weighted by Crippen LogP contribution is 2.18. The van der Waals surface area contributed by atoms with Crippen molar-refractivity contribution < 1.29 is 4.79 Å². The van der Waals surface area contributed by atoms with Gasteiger partial charge in [0.2, 0.25) is 6.41 Å². The van der Waals surface area contributed by atoms with Crippen LogP contribution in [0.25, 0.3) is 0 Å². The second-order valence-corrected chi connectivity index (χ2v) is 2.96. The van der Waals surface area contributed by atoms with E-state index in [0.29, 0.717) is 6.41 Å². The smallest absolute Gasteiger partial charge is 0.225 e. The zero-order valence-electron chi connectivity index (χ0n) is 6.65. The minimum absolute atomic E-state index is 0.554. The average molecular weight is 193 g/mol. The highest BCUT2D eigenvalue weighted by atomic mass is 32.2. The van der Waals surface area contributed by atoms with Gasteiger partial charge in [-0.25, -0.2) is 0 Å². The number of nitrogens with one attached hydrogen (secondary N) is 2. The summed E-state index contributed by atoms with van der Waals surface area (Å²) in [6, 6.07) is 7.14. The molecule has 0 aromatic heterocycles. The first-order valence-corrected chi connectivity index (χ1v) is 4.29. The number of thiocyanates is 1. The third-order valence-electron chi connectivity index (χ3n) is 1.29. The lowest BCUT2D eigenvalue weighted by atomic mass is 10.3. The summed E-state index contributed by atoms with van der Waals surface area (Å²) < 4.78 is 0. The minimum Gasteiger partial charge on any atom is -0.299 e. The van der Waals surface area contributed by atoms with Crippen LogP contribution in [0.15, 0.2) is 29.2 Å². The first-order chi connectivity index (χ1) is 6.36. The first-order valence-electron chi connectivity index (χ1n) is 3.48. The Labute approximate surface area is 79.9 Å². The van der Waals surface area contributed by atoms with Crippen LogP contribution in [0.1, 0.15) is 0 Å². The minimum atomic E-state index is 0.554. The number of hydrazine groups is 1. The van der Waals surface area contributed by atoms with Crippen molar-refractivity contribution in [3.63, 3.8) is 0 Å². The lowest BCUT2D eigenvalue weighted by Gasteiger charge is -2.03. The van der Waals surface area contributed by atoms with Gasteiger partial charge in [-0.2, -0.15) is 5.26 Å². The maximum atomic E-state index is 9.93. The van der Waals surface area contributed by atoms with Gasteiger partial charge in [-0.1, -0.05) is 0 Å². The van der Waals surface area contributed by atoms with E-state index in [2.05, 4.69) is 10.9 Å². The average Bonchev–Trinajstić information content (AvgIpc) is 2.17. The standard InChI is InChI=1S/C8H7N3OS/c9-5-13-8-3-1-7(2-4-8)11-10-6-12/h1-4,6,11H,(H,10,12). The lowest BCUT2D eigenvalue weighted by molar-refractivity contribution is -0.109. The van der Waals surface area contributed by atoms with E-state index in [0.717, 1.165) is 22.3 Å². The maximum absolute atomic E-state index is 9.93. The van der Waals surface area contributed by atoms with Crippen LogP contribution in [0.4, 0.5) is 5.69 Å². The van der Waals surface area contributed by atoms with E-state index in [1.807, 2.05) is 5.40 Å². The summed E-state index contributed by atoms with van der Waals surface area (Å²) in [5.74, 6) is 0. The largest absolute Gasteiger partial charge is 0.299 e. The second kappa shape index (κ2) is 5.06. The Morgan fingerprint density at radius 3 is 2.62 bits per heavy atom. The molecule has 0 saturated carbocycles.